The molecule has 2 heterocycles. The van der Waals surface area contributed by atoms with E-state index in [9.17, 15) is 15.2 Å². The lowest BCUT2D eigenvalue weighted by atomic mass is 9.96. The first-order chi connectivity index (χ1) is 14.4. The fourth-order valence-electron chi connectivity index (χ4n) is 3.47. The molecule has 4 aromatic rings. The SMILES string of the molecule is Cc1ccc2ccc([C@@H](Nc3cccc(C)[nH+]3)c3ccc([N+](=O)[O-])cc3)c(O)c2n1. The Labute approximate surface area is 173 Å². The first-order valence-corrected chi connectivity index (χ1v) is 9.51. The van der Waals surface area contributed by atoms with Crippen LogP contribution in [0.3, 0.4) is 0 Å². The summed E-state index contributed by atoms with van der Waals surface area (Å²) in [7, 11) is 0. The molecule has 0 bridgehead atoms. The van der Waals surface area contributed by atoms with Crippen molar-refractivity contribution in [1.29, 1.82) is 0 Å². The molecule has 2 aromatic heterocycles. The lowest BCUT2D eigenvalue weighted by molar-refractivity contribution is -0.384. The van der Waals surface area contributed by atoms with Gasteiger partial charge in [0.15, 0.2) is 0 Å². The standard InChI is InChI=1S/C23H20N4O3/c1-14-4-3-5-20(24-14)26-21(16-8-11-18(12-9-16)27(29)30)19-13-10-17-7-6-15(2)25-22(17)23(19)28/h3-13,21,28H,1-2H3,(H,24,26)/p+1/t21-/m0/s1. The Morgan fingerprint density at radius 3 is 2.47 bits per heavy atom. The number of non-ortho nitro benzene ring substituents is 1. The van der Waals surface area contributed by atoms with E-state index in [1.165, 1.54) is 12.1 Å². The molecule has 4 rings (SSSR count). The number of fused-ring (bicyclic) bond motifs is 1. The number of aromatic hydroxyl groups is 1. The zero-order chi connectivity index (χ0) is 21.3. The van der Waals surface area contributed by atoms with Crippen molar-refractivity contribution in [2.75, 3.05) is 5.32 Å². The van der Waals surface area contributed by atoms with Gasteiger partial charge in [-0.2, -0.15) is 0 Å². The Morgan fingerprint density at radius 2 is 1.77 bits per heavy atom. The van der Waals surface area contributed by atoms with Crippen molar-refractivity contribution in [3.05, 3.63) is 99.4 Å². The van der Waals surface area contributed by atoms with Crippen LogP contribution in [0.4, 0.5) is 11.5 Å². The fourth-order valence-corrected chi connectivity index (χ4v) is 3.47. The molecular formula is C23H21N4O3+. The molecule has 7 nitrogen and oxygen atoms in total. The van der Waals surface area contributed by atoms with Crippen LogP contribution >= 0.6 is 0 Å². The third-order valence-corrected chi connectivity index (χ3v) is 4.99. The van der Waals surface area contributed by atoms with E-state index in [1.54, 1.807) is 12.1 Å². The molecular weight excluding hydrogens is 380 g/mol. The minimum atomic E-state index is -0.449. The van der Waals surface area contributed by atoms with Gasteiger partial charge in [-0.15, -0.1) is 0 Å². The molecule has 2 aromatic carbocycles. The van der Waals surface area contributed by atoms with Crippen LogP contribution in [-0.4, -0.2) is 15.0 Å². The van der Waals surface area contributed by atoms with E-state index in [0.29, 0.717) is 11.1 Å². The quantitative estimate of drug-likeness (QED) is 0.379. The number of phenols is 1. The number of nitrogens with zero attached hydrogens (tertiary/aromatic N) is 2. The molecule has 1 atom stereocenters. The molecule has 0 saturated heterocycles. The molecule has 0 spiro atoms. The van der Waals surface area contributed by atoms with Gasteiger partial charge in [0, 0.05) is 40.4 Å². The molecule has 150 valence electrons. The summed E-state index contributed by atoms with van der Waals surface area (Å²) in [6.07, 6.45) is 0. The van der Waals surface area contributed by atoms with Crippen LogP contribution in [0.1, 0.15) is 28.6 Å². The number of aryl methyl sites for hydroxylation is 2. The lowest BCUT2D eigenvalue weighted by Crippen LogP contribution is -2.20. The molecule has 30 heavy (non-hydrogen) atoms. The van der Waals surface area contributed by atoms with Crippen LogP contribution in [0.25, 0.3) is 10.9 Å². The normalized spacial score (nSPS) is 11.9. The predicted molar refractivity (Wildman–Crippen MR) is 114 cm³/mol. The number of nitrogens with one attached hydrogen (secondary N) is 2. The van der Waals surface area contributed by atoms with Crippen molar-refractivity contribution in [2.45, 2.75) is 19.9 Å². The monoisotopic (exact) mass is 401 g/mol. The van der Waals surface area contributed by atoms with Gasteiger partial charge in [0.05, 0.1) is 10.6 Å². The second kappa shape index (κ2) is 7.79. The third-order valence-electron chi connectivity index (χ3n) is 4.99. The van der Waals surface area contributed by atoms with E-state index in [0.717, 1.165) is 28.2 Å². The minimum absolute atomic E-state index is 0.0136. The Morgan fingerprint density at radius 1 is 1.03 bits per heavy atom. The van der Waals surface area contributed by atoms with E-state index >= 15 is 0 Å². The largest absolute Gasteiger partial charge is 0.505 e. The lowest BCUT2D eigenvalue weighted by Gasteiger charge is -2.18. The van der Waals surface area contributed by atoms with E-state index in [4.69, 9.17) is 0 Å². The van der Waals surface area contributed by atoms with Gasteiger partial charge in [-0.05, 0) is 44.2 Å². The number of H-pyrrole nitrogens is 1. The molecule has 0 aliphatic heterocycles. The molecule has 0 unspecified atom stereocenters. The topological polar surface area (TPSA) is 102 Å². The van der Waals surface area contributed by atoms with E-state index < -0.39 is 11.0 Å². The number of pyridine rings is 2. The Hall–Kier alpha value is -4.00. The van der Waals surface area contributed by atoms with Crippen molar-refractivity contribution in [2.24, 2.45) is 0 Å². The molecule has 0 amide bonds. The smallest absolute Gasteiger partial charge is 0.273 e. The third kappa shape index (κ3) is 3.77. The van der Waals surface area contributed by atoms with Gasteiger partial charge >= 0.3 is 0 Å². The number of phenolic OH excluding ortho intramolecular Hbond substituents is 1. The van der Waals surface area contributed by atoms with Crippen molar-refractivity contribution < 1.29 is 15.0 Å². The Balaban J connectivity index is 1.85. The zero-order valence-electron chi connectivity index (χ0n) is 16.6. The molecule has 3 N–H and O–H groups in total. The van der Waals surface area contributed by atoms with Crippen LogP contribution in [0, 0.1) is 24.0 Å². The summed E-state index contributed by atoms with van der Waals surface area (Å²) in [5, 5.41) is 26.4. The Bertz CT molecular complexity index is 1240. The van der Waals surface area contributed by atoms with Crippen LogP contribution in [0.5, 0.6) is 5.75 Å². The van der Waals surface area contributed by atoms with Gasteiger partial charge in [-0.25, -0.2) is 9.97 Å². The first kappa shape index (κ1) is 19.3. The summed E-state index contributed by atoms with van der Waals surface area (Å²) in [6.45, 7) is 3.82. The number of hydrogen-bond donors (Lipinski definition) is 2. The minimum Gasteiger partial charge on any atom is -0.505 e. The van der Waals surface area contributed by atoms with E-state index in [-0.39, 0.29) is 11.4 Å². The van der Waals surface area contributed by atoms with Crippen LogP contribution < -0.4 is 10.3 Å². The summed E-state index contributed by atoms with van der Waals surface area (Å²) in [4.78, 5) is 18.4. The number of hydrogen-bond acceptors (Lipinski definition) is 5. The maximum atomic E-state index is 11.1. The second-order valence-electron chi connectivity index (χ2n) is 7.20. The molecule has 7 heteroatoms. The zero-order valence-corrected chi connectivity index (χ0v) is 16.6. The van der Waals surface area contributed by atoms with E-state index in [1.807, 2.05) is 56.3 Å². The van der Waals surface area contributed by atoms with Crippen molar-refractivity contribution in [3.63, 3.8) is 0 Å². The number of anilines is 1. The molecule has 0 fully saturated rings. The van der Waals surface area contributed by atoms with Crippen LogP contribution in [0.2, 0.25) is 0 Å². The molecule has 0 saturated carbocycles. The van der Waals surface area contributed by atoms with Crippen LogP contribution in [-0.2, 0) is 0 Å². The summed E-state index contributed by atoms with van der Waals surface area (Å²) in [6, 6.07) is 19.2. The second-order valence-corrected chi connectivity index (χ2v) is 7.20. The van der Waals surface area contributed by atoms with Gasteiger partial charge in [0.2, 0.25) is 0 Å². The molecule has 0 aliphatic carbocycles. The number of benzene rings is 2. The number of nitro benzene ring substituents is 1. The Kier molecular flexibility index (Phi) is 5.02. The summed E-state index contributed by atoms with van der Waals surface area (Å²) in [5.41, 5.74) is 3.72. The molecule has 0 aliphatic rings. The van der Waals surface area contributed by atoms with Gasteiger partial charge in [0.25, 0.3) is 11.5 Å². The van der Waals surface area contributed by atoms with Crippen molar-refractivity contribution in [1.82, 2.24) is 4.98 Å². The van der Waals surface area contributed by atoms with Crippen molar-refractivity contribution >= 4 is 22.4 Å². The number of aromatic amines is 1. The highest BCUT2D eigenvalue weighted by Crippen LogP contribution is 2.36. The predicted octanol–water partition coefficient (Wildman–Crippen LogP) is 4.48. The molecule has 0 radical (unpaired) electrons. The average molecular weight is 401 g/mol. The van der Waals surface area contributed by atoms with Gasteiger partial charge in [0.1, 0.15) is 17.3 Å². The van der Waals surface area contributed by atoms with Gasteiger partial charge in [-0.3, -0.25) is 15.4 Å². The highest BCUT2D eigenvalue weighted by Gasteiger charge is 2.25. The number of aromatic nitrogens is 2. The average Bonchev–Trinajstić information content (AvgIpc) is 2.73. The maximum Gasteiger partial charge on any atom is 0.273 e. The first-order valence-electron chi connectivity index (χ1n) is 9.51. The van der Waals surface area contributed by atoms with Gasteiger partial charge < -0.3 is 5.11 Å². The summed E-state index contributed by atoms with van der Waals surface area (Å²) in [5.74, 6) is 0.842. The maximum absolute atomic E-state index is 11.1. The summed E-state index contributed by atoms with van der Waals surface area (Å²) >= 11 is 0. The number of rotatable bonds is 5. The van der Waals surface area contributed by atoms with Crippen molar-refractivity contribution in [3.8, 4) is 5.75 Å². The highest BCUT2D eigenvalue weighted by molar-refractivity contribution is 5.86. The van der Waals surface area contributed by atoms with Gasteiger partial charge in [-0.1, -0.05) is 18.2 Å². The summed E-state index contributed by atoms with van der Waals surface area (Å²) < 4.78 is 0. The highest BCUT2D eigenvalue weighted by atomic mass is 16.6. The van der Waals surface area contributed by atoms with E-state index in [2.05, 4.69) is 15.3 Å². The van der Waals surface area contributed by atoms with Crippen LogP contribution in [0.15, 0.2) is 66.7 Å². The number of nitro groups is 1. The fraction of sp³-hybridized carbons (Fsp3) is 0.130.